The molecule has 2 rings (SSSR count). The lowest BCUT2D eigenvalue weighted by molar-refractivity contribution is -0.133. The maximum atomic E-state index is 12.0. The zero-order valence-corrected chi connectivity index (χ0v) is 14.0. The molecular weight excluding hydrogens is 339 g/mol. The number of hydrogen-bond donors (Lipinski definition) is 2. The number of methoxy groups -OCH3 is 1. The highest BCUT2D eigenvalue weighted by Gasteiger charge is 2.17. The van der Waals surface area contributed by atoms with Crippen LogP contribution in [0.3, 0.4) is 0 Å². The third kappa shape index (κ3) is 4.37. The minimum Gasteiger partial charge on any atom is -0.495 e. The van der Waals surface area contributed by atoms with E-state index in [1.54, 1.807) is 37.3 Å². The van der Waals surface area contributed by atoms with Crippen LogP contribution < -0.4 is 15.4 Å². The van der Waals surface area contributed by atoms with Gasteiger partial charge in [0.2, 0.25) is 0 Å². The van der Waals surface area contributed by atoms with E-state index in [0.29, 0.717) is 27.2 Å². The Labute approximate surface area is 143 Å². The molecule has 0 aliphatic carbocycles. The van der Waals surface area contributed by atoms with Crippen molar-refractivity contribution in [2.24, 2.45) is 0 Å². The quantitative estimate of drug-likeness (QED) is 0.823. The Morgan fingerprint density at radius 1 is 0.913 bits per heavy atom. The van der Waals surface area contributed by atoms with Crippen molar-refractivity contribution in [1.82, 2.24) is 0 Å². The van der Waals surface area contributed by atoms with Gasteiger partial charge in [-0.2, -0.15) is 0 Å². The van der Waals surface area contributed by atoms with Gasteiger partial charge in [0.05, 0.1) is 12.8 Å². The van der Waals surface area contributed by atoms with Crippen molar-refractivity contribution in [2.45, 2.75) is 6.92 Å². The van der Waals surface area contributed by atoms with Gasteiger partial charge in [0.15, 0.2) is 0 Å². The summed E-state index contributed by atoms with van der Waals surface area (Å²) < 4.78 is 5.11. The molecule has 0 aliphatic heterocycles. The first-order valence-electron chi connectivity index (χ1n) is 6.62. The van der Waals surface area contributed by atoms with Crippen LogP contribution in [0.4, 0.5) is 11.4 Å². The molecule has 0 aliphatic rings. The number of hydrogen-bond acceptors (Lipinski definition) is 3. The van der Waals surface area contributed by atoms with Gasteiger partial charge in [-0.15, -0.1) is 0 Å². The number of ether oxygens (including phenoxy) is 1. The lowest BCUT2D eigenvalue weighted by atomic mass is 10.2. The van der Waals surface area contributed by atoms with Gasteiger partial charge in [-0.25, -0.2) is 0 Å². The van der Waals surface area contributed by atoms with Crippen LogP contribution in [-0.2, 0) is 9.59 Å². The van der Waals surface area contributed by atoms with E-state index in [9.17, 15) is 9.59 Å². The minimum atomic E-state index is -0.843. The fraction of sp³-hybridized carbons (Fsp3) is 0.125. The van der Waals surface area contributed by atoms with Gasteiger partial charge in [0.1, 0.15) is 5.75 Å². The molecule has 2 amide bonds. The number of carbonyl (C=O) groups excluding carboxylic acids is 2. The minimum absolute atomic E-state index is 0.308. The molecule has 2 aromatic rings. The number of halogens is 2. The molecule has 0 heterocycles. The summed E-state index contributed by atoms with van der Waals surface area (Å²) in [6.45, 7) is 1.80. The molecule has 0 fully saturated rings. The normalized spacial score (nSPS) is 10.1. The van der Waals surface area contributed by atoms with Gasteiger partial charge in [-0.1, -0.05) is 29.3 Å². The highest BCUT2D eigenvalue weighted by molar-refractivity contribution is 6.44. The van der Waals surface area contributed by atoms with Crippen LogP contribution in [0.2, 0.25) is 10.0 Å². The average Bonchev–Trinajstić information content (AvgIpc) is 2.51. The lowest BCUT2D eigenvalue weighted by Gasteiger charge is -2.11. The van der Waals surface area contributed by atoms with Crippen LogP contribution in [0.5, 0.6) is 5.75 Å². The summed E-state index contributed by atoms with van der Waals surface area (Å²) in [5.41, 5.74) is 1.56. The highest BCUT2D eigenvalue weighted by atomic mass is 35.5. The molecule has 7 heteroatoms. The van der Waals surface area contributed by atoms with Crippen LogP contribution in [-0.4, -0.2) is 18.9 Å². The second kappa shape index (κ2) is 7.35. The van der Waals surface area contributed by atoms with E-state index in [2.05, 4.69) is 10.6 Å². The number of rotatable bonds is 3. The van der Waals surface area contributed by atoms with Crippen molar-refractivity contribution in [3.05, 3.63) is 52.0 Å². The summed E-state index contributed by atoms with van der Waals surface area (Å²) >= 11 is 11.8. The molecule has 23 heavy (non-hydrogen) atoms. The van der Waals surface area contributed by atoms with Crippen LogP contribution in [0.1, 0.15) is 5.56 Å². The Kier molecular flexibility index (Phi) is 5.47. The van der Waals surface area contributed by atoms with E-state index in [4.69, 9.17) is 27.9 Å². The van der Waals surface area contributed by atoms with Crippen molar-refractivity contribution < 1.29 is 14.3 Å². The van der Waals surface area contributed by atoms with Crippen LogP contribution >= 0.6 is 23.2 Å². The van der Waals surface area contributed by atoms with Crippen molar-refractivity contribution in [3.63, 3.8) is 0 Å². The van der Waals surface area contributed by atoms with Crippen molar-refractivity contribution in [3.8, 4) is 5.75 Å². The number of anilines is 2. The molecule has 0 aromatic heterocycles. The average molecular weight is 353 g/mol. The first-order valence-corrected chi connectivity index (χ1v) is 7.38. The summed E-state index contributed by atoms with van der Waals surface area (Å²) in [5, 5.41) is 5.85. The van der Waals surface area contributed by atoms with Crippen LogP contribution in [0, 0.1) is 6.92 Å². The van der Waals surface area contributed by atoms with Crippen molar-refractivity contribution in [1.29, 1.82) is 0 Å². The number of carbonyl (C=O) groups is 2. The zero-order valence-electron chi connectivity index (χ0n) is 12.4. The largest absolute Gasteiger partial charge is 0.495 e. The topological polar surface area (TPSA) is 67.4 Å². The number of benzene rings is 2. The molecule has 0 spiro atoms. The molecular formula is C16H14Cl2N2O3. The van der Waals surface area contributed by atoms with Gasteiger partial charge >= 0.3 is 11.8 Å². The molecule has 2 aromatic carbocycles. The predicted octanol–water partition coefficient (Wildman–Crippen LogP) is 3.89. The fourth-order valence-electron chi connectivity index (χ4n) is 1.86. The van der Waals surface area contributed by atoms with Gasteiger partial charge in [0, 0.05) is 15.7 Å². The van der Waals surface area contributed by atoms with Gasteiger partial charge in [-0.3, -0.25) is 9.59 Å². The standard InChI is InChI=1S/C16H14Cl2N2O3/c1-9-3-4-10(17)7-12(9)19-15(21)16(22)20-13-8-11(18)5-6-14(13)23-2/h3-8H,1-2H3,(H,19,21)(H,20,22). The Balaban J connectivity index is 2.13. The molecule has 0 saturated carbocycles. The first kappa shape index (κ1) is 17.1. The van der Waals surface area contributed by atoms with Crippen molar-refractivity contribution in [2.75, 3.05) is 17.7 Å². The van der Waals surface area contributed by atoms with Gasteiger partial charge in [-0.05, 0) is 42.8 Å². The lowest BCUT2D eigenvalue weighted by Crippen LogP contribution is -2.29. The highest BCUT2D eigenvalue weighted by Crippen LogP contribution is 2.27. The summed E-state index contributed by atoms with van der Waals surface area (Å²) in [5.74, 6) is -1.27. The smallest absolute Gasteiger partial charge is 0.314 e. The Bertz CT molecular complexity index is 763. The Morgan fingerprint density at radius 2 is 1.43 bits per heavy atom. The Morgan fingerprint density at radius 3 is 2.04 bits per heavy atom. The van der Waals surface area contributed by atoms with Crippen LogP contribution in [0.15, 0.2) is 36.4 Å². The number of nitrogens with one attached hydrogen (secondary N) is 2. The van der Waals surface area contributed by atoms with Gasteiger partial charge in [0.25, 0.3) is 0 Å². The molecule has 0 saturated heterocycles. The summed E-state index contributed by atoms with van der Waals surface area (Å²) in [6, 6.07) is 9.72. The third-order valence-corrected chi connectivity index (χ3v) is 3.53. The fourth-order valence-corrected chi connectivity index (χ4v) is 2.21. The molecule has 0 radical (unpaired) electrons. The second-order valence-electron chi connectivity index (χ2n) is 4.71. The van der Waals surface area contributed by atoms with E-state index in [-0.39, 0.29) is 0 Å². The number of amides is 2. The SMILES string of the molecule is COc1ccc(Cl)cc1NC(=O)C(=O)Nc1cc(Cl)ccc1C. The maximum Gasteiger partial charge on any atom is 0.314 e. The molecule has 2 N–H and O–H groups in total. The van der Waals surface area contributed by atoms with E-state index < -0.39 is 11.8 Å². The predicted molar refractivity (Wildman–Crippen MR) is 91.5 cm³/mol. The van der Waals surface area contributed by atoms with Crippen LogP contribution in [0.25, 0.3) is 0 Å². The summed E-state index contributed by atoms with van der Waals surface area (Å²) in [7, 11) is 1.45. The maximum absolute atomic E-state index is 12.0. The van der Waals surface area contributed by atoms with E-state index in [1.165, 1.54) is 13.2 Å². The zero-order chi connectivity index (χ0) is 17.0. The van der Waals surface area contributed by atoms with E-state index >= 15 is 0 Å². The molecule has 5 nitrogen and oxygen atoms in total. The molecule has 0 unspecified atom stereocenters. The monoisotopic (exact) mass is 352 g/mol. The summed E-state index contributed by atoms with van der Waals surface area (Å²) in [4.78, 5) is 24.1. The molecule has 0 atom stereocenters. The molecule has 120 valence electrons. The summed E-state index contributed by atoms with van der Waals surface area (Å²) in [6.07, 6.45) is 0. The second-order valence-corrected chi connectivity index (χ2v) is 5.58. The number of aryl methyl sites for hydroxylation is 1. The third-order valence-electron chi connectivity index (χ3n) is 3.06. The first-order chi connectivity index (χ1) is 10.9. The molecule has 0 bridgehead atoms. The van der Waals surface area contributed by atoms with E-state index in [1.807, 2.05) is 0 Å². The van der Waals surface area contributed by atoms with Gasteiger partial charge < -0.3 is 15.4 Å². The van der Waals surface area contributed by atoms with E-state index in [0.717, 1.165) is 5.56 Å². The van der Waals surface area contributed by atoms with Crippen molar-refractivity contribution >= 4 is 46.4 Å². The Hall–Kier alpha value is -2.24.